The largest absolute Gasteiger partial charge is 0.243 e. The number of sulfonamides is 1. The second kappa shape index (κ2) is 6.77. The van der Waals surface area contributed by atoms with Gasteiger partial charge in [-0.25, -0.2) is 16.8 Å². The van der Waals surface area contributed by atoms with Crippen LogP contribution in [0.4, 0.5) is 0 Å². The summed E-state index contributed by atoms with van der Waals surface area (Å²) in [5, 5.41) is 0. The summed E-state index contributed by atoms with van der Waals surface area (Å²) in [6, 6.07) is 2.87. The quantitative estimate of drug-likeness (QED) is 0.795. The van der Waals surface area contributed by atoms with E-state index in [1.54, 1.807) is 13.0 Å². The Balaban J connectivity index is 2.55. The lowest BCUT2D eigenvalue weighted by atomic mass is 10.1. The van der Waals surface area contributed by atoms with Crippen LogP contribution in [0.1, 0.15) is 43.4 Å². The smallest absolute Gasteiger partial charge is 0.229 e. The van der Waals surface area contributed by atoms with Crippen molar-refractivity contribution in [3.63, 3.8) is 0 Å². The monoisotopic (exact) mass is 373 g/mol. The molecule has 1 aromatic rings. The Morgan fingerprint density at radius 1 is 1.17 bits per heavy atom. The van der Waals surface area contributed by atoms with Gasteiger partial charge in [-0.15, -0.1) is 0 Å². The van der Waals surface area contributed by atoms with Crippen LogP contribution in [0, 0.1) is 20.8 Å². The summed E-state index contributed by atoms with van der Waals surface area (Å²) in [5.41, 5.74) is 2.67. The first-order chi connectivity index (χ1) is 11.0. The Morgan fingerprint density at radius 3 is 2.25 bits per heavy atom. The molecule has 136 valence electrons. The number of nitrogens with zero attached hydrogens (tertiary/aromatic N) is 1. The average molecular weight is 374 g/mol. The molecular formula is C17H27NO4S2. The zero-order valence-corrected chi connectivity index (χ0v) is 16.7. The van der Waals surface area contributed by atoms with Crippen LogP contribution in [0.15, 0.2) is 17.0 Å². The van der Waals surface area contributed by atoms with E-state index in [-0.39, 0.29) is 22.4 Å². The van der Waals surface area contributed by atoms with Gasteiger partial charge >= 0.3 is 0 Å². The highest BCUT2D eigenvalue weighted by molar-refractivity contribution is 7.92. The summed E-state index contributed by atoms with van der Waals surface area (Å²) < 4.78 is 51.9. The van der Waals surface area contributed by atoms with E-state index in [2.05, 4.69) is 0 Å². The van der Waals surface area contributed by atoms with E-state index in [4.69, 9.17) is 0 Å². The lowest BCUT2D eigenvalue weighted by molar-refractivity contribution is 0.271. The molecule has 1 aliphatic rings. The van der Waals surface area contributed by atoms with Gasteiger partial charge in [0.25, 0.3) is 0 Å². The van der Waals surface area contributed by atoms with Gasteiger partial charge in [0.1, 0.15) is 0 Å². The summed E-state index contributed by atoms with van der Waals surface area (Å²) >= 11 is 0. The molecular weight excluding hydrogens is 346 g/mol. The minimum absolute atomic E-state index is 0.0615. The highest BCUT2D eigenvalue weighted by Gasteiger charge is 2.41. The summed E-state index contributed by atoms with van der Waals surface area (Å²) in [7, 11) is -6.90. The van der Waals surface area contributed by atoms with Gasteiger partial charge in [0, 0.05) is 12.1 Å². The standard InChI is InChI=1S/C17H27NO4S2/c1-6-15(5)18(16-7-8-23(19,20)11-16)24(21,22)17-10-13(3)12(2)9-14(17)4/h9-10,15-16H,6-8,11H2,1-5H3/t15-,16-/m1/s1. The zero-order valence-electron chi connectivity index (χ0n) is 15.0. The summed E-state index contributed by atoms with van der Waals surface area (Å²) in [6.07, 6.45) is 1.01. The van der Waals surface area contributed by atoms with E-state index in [1.165, 1.54) is 4.31 Å². The minimum Gasteiger partial charge on any atom is -0.229 e. The molecule has 1 fully saturated rings. The topological polar surface area (TPSA) is 71.5 Å². The van der Waals surface area contributed by atoms with Crippen molar-refractivity contribution in [2.45, 2.75) is 64.4 Å². The average Bonchev–Trinajstić information content (AvgIpc) is 2.82. The van der Waals surface area contributed by atoms with Gasteiger partial charge in [-0.2, -0.15) is 4.31 Å². The van der Waals surface area contributed by atoms with E-state index in [0.29, 0.717) is 18.4 Å². The molecule has 0 aromatic heterocycles. The van der Waals surface area contributed by atoms with Gasteiger partial charge in [-0.05, 0) is 63.3 Å². The Labute approximate surface area is 146 Å². The Morgan fingerprint density at radius 2 is 1.75 bits per heavy atom. The molecule has 1 aliphatic heterocycles. The molecule has 2 rings (SSSR count). The van der Waals surface area contributed by atoms with Crippen LogP contribution < -0.4 is 0 Å². The van der Waals surface area contributed by atoms with Gasteiger partial charge in [0.15, 0.2) is 9.84 Å². The third kappa shape index (κ3) is 3.68. The molecule has 1 aromatic carbocycles. The fraction of sp³-hybridized carbons (Fsp3) is 0.647. The summed E-state index contributed by atoms with van der Waals surface area (Å²) in [4.78, 5) is 0.287. The molecule has 0 unspecified atom stereocenters. The maximum Gasteiger partial charge on any atom is 0.243 e. The molecule has 1 heterocycles. The minimum atomic E-state index is -3.75. The highest BCUT2D eigenvalue weighted by Crippen LogP contribution is 2.30. The second-order valence-electron chi connectivity index (χ2n) is 6.85. The molecule has 0 spiro atoms. The van der Waals surface area contributed by atoms with Crippen LogP contribution in [0.2, 0.25) is 0 Å². The fourth-order valence-corrected chi connectivity index (χ4v) is 7.29. The van der Waals surface area contributed by atoms with E-state index in [9.17, 15) is 16.8 Å². The van der Waals surface area contributed by atoms with Crippen molar-refractivity contribution in [2.75, 3.05) is 11.5 Å². The number of hydrogen-bond donors (Lipinski definition) is 0. The van der Waals surface area contributed by atoms with E-state index >= 15 is 0 Å². The summed E-state index contributed by atoms with van der Waals surface area (Å²) in [6.45, 7) is 9.40. The van der Waals surface area contributed by atoms with Crippen LogP contribution in [0.25, 0.3) is 0 Å². The molecule has 0 N–H and O–H groups in total. The molecule has 5 nitrogen and oxygen atoms in total. The first-order valence-corrected chi connectivity index (χ1v) is 11.6. The SMILES string of the molecule is CC[C@@H](C)N([C@@H]1CCS(=O)(=O)C1)S(=O)(=O)c1cc(C)c(C)cc1C. The maximum atomic E-state index is 13.3. The molecule has 0 saturated carbocycles. The molecule has 24 heavy (non-hydrogen) atoms. The van der Waals surface area contributed by atoms with Gasteiger partial charge < -0.3 is 0 Å². The molecule has 0 aliphatic carbocycles. The first-order valence-electron chi connectivity index (χ1n) is 8.31. The van der Waals surface area contributed by atoms with Gasteiger partial charge in [-0.1, -0.05) is 13.0 Å². The Hall–Kier alpha value is -0.920. The van der Waals surface area contributed by atoms with Crippen molar-refractivity contribution in [1.29, 1.82) is 0 Å². The van der Waals surface area contributed by atoms with Crippen molar-refractivity contribution in [3.8, 4) is 0 Å². The fourth-order valence-electron chi connectivity index (χ4n) is 3.27. The van der Waals surface area contributed by atoms with Crippen LogP contribution >= 0.6 is 0 Å². The van der Waals surface area contributed by atoms with E-state index in [0.717, 1.165) is 11.1 Å². The molecule has 0 bridgehead atoms. The Bertz CT molecular complexity index is 828. The highest BCUT2D eigenvalue weighted by atomic mass is 32.2. The van der Waals surface area contributed by atoms with Crippen molar-refractivity contribution in [3.05, 3.63) is 28.8 Å². The van der Waals surface area contributed by atoms with Crippen LogP contribution in [0.5, 0.6) is 0 Å². The molecule has 0 amide bonds. The third-order valence-corrected chi connectivity index (χ3v) is 8.90. The van der Waals surface area contributed by atoms with Crippen molar-refractivity contribution >= 4 is 19.9 Å². The van der Waals surface area contributed by atoms with Gasteiger partial charge in [0.2, 0.25) is 10.0 Å². The Kier molecular flexibility index (Phi) is 5.47. The van der Waals surface area contributed by atoms with Crippen LogP contribution in [0.3, 0.4) is 0 Å². The number of hydrogen-bond acceptors (Lipinski definition) is 4. The van der Waals surface area contributed by atoms with Crippen molar-refractivity contribution in [2.24, 2.45) is 0 Å². The van der Waals surface area contributed by atoms with Crippen LogP contribution in [-0.2, 0) is 19.9 Å². The number of benzene rings is 1. The predicted octanol–water partition coefficient (Wildman–Crippen LogP) is 2.59. The number of sulfone groups is 1. The lowest BCUT2D eigenvalue weighted by Gasteiger charge is -2.33. The molecule has 0 radical (unpaired) electrons. The summed E-state index contributed by atoms with van der Waals surface area (Å²) in [5.74, 6) is -0.0213. The van der Waals surface area contributed by atoms with Crippen molar-refractivity contribution in [1.82, 2.24) is 4.31 Å². The lowest BCUT2D eigenvalue weighted by Crippen LogP contribution is -2.46. The first kappa shape index (κ1) is 19.4. The normalized spacial score (nSPS) is 22.0. The second-order valence-corrected chi connectivity index (χ2v) is 10.9. The number of aryl methyl sites for hydroxylation is 3. The predicted molar refractivity (Wildman–Crippen MR) is 96.5 cm³/mol. The molecule has 1 saturated heterocycles. The van der Waals surface area contributed by atoms with Gasteiger partial charge in [0.05, 0.1) is 16.4 Å². The molecule has 7 heteroatoms. The van der Waals surface area contributed by atoms with Crippen molar-refractivity contribution < 1.29 is 16.8 Å². The van der Waals surface area contributed by atoms with Gasteiger partial charge in [-0.3, -0.25) is 0 Å². The van der Waals surface area contributed by atoms with Crippen LogP contribution in [-0.4, -0.2) is 44.7 Å². The van der Waals surface area contributed by atoms with E-state index in [1.807, 2.05) is 33.8 Å². The number of rotatable bonds is 5. The maximum absolute atomic E-state index is 13.3. The van der Waals surface area contributed by atoms with E-state index < -0.39 is 25.9 Å². The third-order valence-electron chi connectivity index (χ3n) is 4.94. The zero-order chi connectivity index (χ0) is 18.3. The molecule has 2 atom stereocenters.